The van der Waals surface area contributed by atoms with Crippen LogP contribution >= 0.6 is 11.8 Å². The van der Waals surface area contributed by atoms with E-state index >= 15 is 0 Å². The molecular weight excluding hydrogens is 200 g/mol. The first kappa shape index (κ1) is 11.8. The SMILES string of the molecule is CSCCOC(=O)CN1CCNCC1. The summed E-state index contributed by atoms with van der Waals surface area (Å²) in [4.78, 5) is 13.4. The number of ether oxygens (including phenoxy) is 1. The van der Waals surface area contributed by atoms with Crippen LogP contribution in [0.5, 0.6) is 0 Å². The van der Waals surface area contributed by atoms with Gasteiger partial charge in [0.2, 0.25) is 0 Å². The topological polar surface area (TPSA) is 41.6 Å². The molecule has 0 aromatic carbocycles. The molecule has 5 heteroatoms. The first-order valence-electron chi connectivity index (χ1n) is 4.90. The summed E-state index contributed by atoms with van der Waals surface area (Å²) < 4.78 is 5.06. The van der Waals surface area contributed by atoms with Crippen molar-refractivity contribution in [1.29, 1.82) is 0 Å². The lowest BCUT2D eigenvalue weighted by Crippen LogP contribution is -2.45. The number of rotatable bonds is 5. The molecule has 0 bridgehead atoms. The number of nitrogens with one attached hydrogen (secondary N) is 1. The molecule has 1 aliphatic heterocycles. The van der Waals surface area contributed by atoms with Gasteiger partial charge in [-0.05, 0) is 6.26 Å². The van der Waals surface area contributed by atoms with E-state index in [9.17, 15) is 4.79 Å². The minimum atomic E-state index is -0.0963. The van der Waals surface area contributed by atoms with Crippen molar-refractivity contribution < 1.29 is 9.53 Å². The van der Waals surface area contributed by atoms with Crippen molar-refractivity contribution in [3.05, 3.63) is 0 Å². The molecular formula is C9H18N2O2S. The predicted molar refractivity (Wildman–Crippen MR) is 58.7 cm³/mol. The van der Waals surface area contributed by atoms with E-state index in [1.54, 1.807) is 11.8 Å². The second kappa shape index (κ2) is 7.09. The highest BCUT2D eigenvalue weighted by atomic mass is 32.2. The summed E-state index contributed by atoms with van der Waals surface area (Å²) in [5.74, 6) is 0.786. The van der Waals surface area contributed by atoms with Gasteiger partial charge in [-0.15, -0.1) is 0 Å². The van der Waals surface area contributed by atoms with Crippen molar-refractivity contribution in [2.75, 3.05) is 51.3 Å². The zero-order valence-corrected chi connectivity index (χ0v) is 9.44. The quantitative estimate of drug-likeness (QED) is 0.511. The monoisotopic (exact) mass is 218 g/mol. The van der Waals surface area contributed by atoms with E-state index in [-0.39, 0.29) is 5.97 Å². The number of hydrogen-bond acceptors (Lipinski definition) is 5. The molecule has 0 saturated carbocycles. The second-order valence-electron chi connectivity index (χ2n) is 3.24. The number of carbonyl (C=O) groups is 1. The molecule has 0 amide bonds. The summed E-state index contributed by atoms with van der Waals surface area (Å²) in [5, 5.41) is 3.24. The molecule has 0 aromatic heterocycles. The Labute approximate surface area is 89.4 Å². The van der Waals surface area contributed by atoms with E-state index in [0.29, 0.717) is 13.2 Å². The normalized spacial score (nSPS) is 18.1. The van der Waals surface area contributed by atoms with Crippen molar-refractivity contribution in [2.24, 2.45) is 0 Å². The van der Waals surface area contributed by atoms with Gasteiger partial charge < -0.3 is 10.1 Å². The van der Waals surface area contributed by atoms with Crippen LogP contribution in [0.1, 0.15) is 0 Å². The largest absolute Gasteiger partial charge is 0.464 e. The molecule has 0 aromatic rings. The lowest BCUT2D eigenvalue weighted by Gasteiger charge is -2.25. The Bertz CT molecular complexity index is 172. The number of carbonyl (C=O) groups excluding carboxylic acids is 1. The Morgan fingerprint density at radius 2 is 2.21 bits per heavy atom. The maximum Gasteiger partial charge on any atom is 0.320 e. The third-order valence-electron chi connectivity index (χ3n) is 2.11. The van der Waals surface area contributed by atoms with Crippen molar-refractivity contribution in [1.82, 2.24) is 10.2 Å². The summed E-state index contributed by atoms with van der Waals surface area (Å²) >= 11 is 1.69. The first-order chi connectivity index (χ1) is 6.83. The maximum atomic E-state index is 11.3. The average Bonchev–Trinajstić information content (AvgIpc) is 2.20. The van der Waals surface area contributed by atoms with Gasteiger partial charge in [-0.1, -0.05) is 0 Å². The third kappa shape index (κ3) is 4.83. The maximum absolute atomic E-state index is 11.3. The number of thioether (sulfide) groups is 1. The van der Waals surface area contributed by atoms with Gasteiger partial charge in [-0.25, -0.2) is 0 Å². The highest BCUT2D eigenvalue weighted by molar-refractivity contribution is 7.98. The van der Waals surface area contributed by atoms with Gasteiger partial charge in [0.25, 0.3) is 0 Å². The van der Waals surface area contributed by atoms with Crippen molar-refractivity contribution in [3.8, 4) is 0 Å². The van der Waals surface area contributed by atoms with Crippen LogP contribution in [0, 0.1) is 0 Å². The van der Waals surface area contributed by atoms with Gasteiger partial charge in [0, 0.05) is 31.9 Å². The minimum Gasteiger partial charge on any atom is -0.464 e. The Hall–Kier alpha value is -0.260. The van der Waals surface area contributed by atoms with Crippen LogP contribution in [-0.2, 0) is 9.53 Å². The van der Waals surface area contributed by atoms with Gasteiger partial charge in [-0.3, -0.25) is 9.69 Å². The molecule has 4 nitrogen and oxygen atoms in total. The van der Waals surface area contributed by atoms with E-state index in [1.807, 2.05) is 6.26 Å². The molecule has 0 atom stereocenters. The van der Waals surface area contributed by atoms with Crippen LogP contribution in [0.25, 0.3) is 0 Å². The third-order valence-corrected chi connectivity index (χ3v) is 2.69. The second-order valence-corrected chi connectivity index (χ2v) is 4.23. The van der Waals surface area contributed by atoms with Crippen LogP contribution in [-0.4, -0.2) is 62.2 Å². The number of hydrogen-bond donors (Lipinski definition) is 1. The minimum absolute atomic E-state index is 0.0963. The lowest BCUT2D eigenvalue weighted by molar-refractivity contribution is -0.144. The summed E-state index contributed by atoms with van der Waals surface area (Å²) in [7, 11) is 0. The molecule has 0 aliphatic carbocycles. The zero-order chi connectivity index (χ0) is 10.2. The predicted octanol–water partition coefficient (Wildman–Crippen LogP) is -0.202. The Morgan fingerprint density at radius 1 is 1.50 bits per heavy atom. The van der Waals surface area contributed by atoms with Crippen molar-refractivity contribution in [2.45, 2.75) is 0 Å². The molecule has 1 fully saturated rings. The highest BCUT2D eigenvalue weighted by Crippen LogP contribution is 1.95. The summed E-state index contributed by atoms with van der Waals surface area (Å²) in [6, 6.07) is 0. The fourth-order valence-electron chi connectivity index (χ4n) is 1.34. The molecule has 1 N–H and O–H groups in total. The van der Waals surface area contributed by atoms with E-state index < -0.39 is 0 Å². The van der Waals surface area contributed by atoms with Crippen LogP contribution < -0.4 is 5.32 Å². The van der Waals surface area contributed by atoms with Gasteiger partial charge in [0.1, 0.15) is 6.61 Å². The fourth-order valence-corrected chi connectivity index (χ4v) is 1.59. The van der Waals surface area contributed by atoms with Crippen LogP contribution in [0.3, 0.4) is 0 Å². The fraction of sp³-hybridized carbons (Fsp3) is 0.889. The van der Waals surface area contributed by atoms with Gasteiger partial charge in [0.15, 0.2) is 0 Å². The van der Waals surface area contributed by atoms with Crippen molar-refractivity contribution in [3.63, 3.8) is 0 Å². The summed E-state index contributed by atoms with van der Waals surface area (Å²) in [6.45, 7) is 4.80. The molecule has 1 aliphatic rings. The average molecular weight is 218 g/mol. The molecule has 14 heavy (non-hydrogen) atoms. The van der Waals surface area contributed by atoms with Crippen molar-refractivity contribution >= 4 is 17.7 Å². The van der Waals surface area contributed by atoms with Gasteiger partial charge in [-0.2, -0.15) is 11.8 Å². The van der Waals surface area contributed by atoms with E-state index in [4.69, 9.17) is 4.74 Å². The number of piperazine rings is 1. The molecule has 1 heterocycles. The number of nitrogens with zero attached hydrogens (tertiary/aromatic N) is 1. The molecule has 0 unspecified atom stereocenters. The Morgan fingerprint density at radius 3 is 2.86 bits per heavy atom. The molecule has 1 saturated heterocycles. The van der Waals surface area contributed by atoms with E-state index in [2.05, 4.69) is 10.2 Å². The Balaban J connectivity index is 2.06. The van der Waals surface area contributed by atoms with Gasteiger partial charge >= 0.3 is 5.97 Å². The van der Waals surface area contributed by atoms with Crippen LogP contribution in [0.15, 0.2) is 0 Å². The number of esters is 1. The summed E-state index contributed by atoms with van der Waals surface area (Å²) in [5.41, 5.74) is 0. The summed E-state index contributed by atoms with van der Waals surface area (Å²) in [6.07, 6.45) is 2.00. The standard InChI is InChI=1S/C9H18N2O2S/c1-14-7-6-13-9(12)8-11-4-2-10-3-5-11/h10H,2-8H2,1H3. The molecule has 0 spiro atoms. The smallest absolute Gasteiger partial charge is 0.320 e. The lowest BCUT2D eigenvalue weighted by atomic mass is 10.3. The van der Waals surface area contributed by atoms with Crippen LogP contribution in [0.2, 0.25) is 0 Å². The van der Waals surface area contributed by atoms with Crippen LogP contribution in [0.4, 0.5) is 0 Å². The van der Waals surface area contributed by atoms with E-state index in [1.165, 1.54) is 0 Å². The first-order valence-corrected chi connectivity index (χ1v) is 6.30. The molecule has 1 rings (SSSR count). The molecule has 82 valence electrons. The highest BCUT2D eigenvalue weighted by Gasteiger charge is 2.13. The molecule has 0 radical (unpaired) electrons. The Kier molecular flexibility index (Phi) is 5.98. The van der Waals surface area contributed by atoms with E-state index in [0.717, 1.165) is 31.9 Å². The zero-order valence-electron chi connectivity index (χ0n) is 8.62. The van der Waals surface area contributed by atoms with Gasteiger partial charge in [0.05, 0.1) is 6.54 Å².